The summed E-state index contributed by atoms with van der Waals surface area (Å²) in [5, 5.41) is 0. The molecule has 0 saturated carbocycles. The zero-order chi connectivity index (χ0) is 24.2. The number of unbranched alkanes of at least 4 members (excludes halogenated alkanes) is 1. The molecule has 5 nitrogen and oxygen atoms in total. The van der Waals surface area contributed by atoms with Crippen LogP contribution in [0.4, 0.5) is 4.39 Å². The first-order valence-electron chi connectivity index (χ1n) is 12.2. The Balaban J connectivity index is 1.26. The molecule has 1 atom stereocenters. The fourth-order valence-corrected chi connectivity index (χ4v) is 4.82. The number of benzene rings is 3. The first-order chi connectivity index (χ1) is 17.1. The van der Waals surface area contributed by atoms with Crippen molar-refractivity contribution in [2.24, 2.45) is 0 Å². The van der Waals surface area contributed by atoms with Crippen LogP contribution >= 0.6 is 0 Å². The SMILES string of the molecule is Cc1ccccc1OCCCCn1c(C2CC(=O)N(Cc3ccc(F)cc3)C2)nc2ccccc21. The highest BCUT2D eigenvalue weighted by Gasteiger charge is 2.33. The van der Waals surface area contributed by atoms with Crippen molar-refractivity contribution in [2.45, 2.75) is 45.2 Å². The fraction of sp³-hybridized carbons (Fsp3) is 0.310. The van der Waals surface area contributed by atoms with Crippen LogP contribution in [0.5, 0.6) is 5.75 Å². The number of imidazole rings is 1. The van der Waals surface area contributed by atoms with E-state index in [9.17, 15) is 9.18 Å². The maximum absolute atomic E-state index is 13.3. The van der Waals surface area contributed by atoms with Crippen molar-refractivity contribution in [3.63, 3.8) is 0 Å². The maximum atomic E-state index is 13.3. The van der Waals surface area contributed by atoms with E-state index in [1.165, 1.54) is 12.1 Å². The lowest BCUT2D eigenvalue weighted by atomic mass is 10.1. The normalized spacial score (nSPS) is 15.8. The molecule has 3 aromatic carbocycles. The third-order valence-electron chi connectivity index (χ3n) is 6.68. The van der Waals surface area contributed by atoms with Crippen molar-refractivity contribution in [1.29, 1.82) is 0 Å². The molecule has 6 heteroatoms. The van der Waals surface area contributed by atoms with Gasteiger partial charge in [-0.05, 0) is 61.2 Å². The van der Waals surface area contributed by atoms with Crippen LogP contribution in [0, 0.1) is 12.7 Å². The van der Waals surface area contributed by atoms with E-state index < -0.39 is 0 Å². The van der Waals surface area contributed by atoms with Gasteiger partial charge >= 0.3 is 0 Å². The lowest BCUT2D eigenvalue weighted by Crippen LogP contribution is -2.24. The van der Waals surface area contributed by atoms with Crippen LogP contribution in [-0.2, 0) is 17.9 Å². The second-order valence-electron chi connectivity index (χ2n) is 9.23. The molecule has 1 fully saturated rings. The Kier molecular flexibility index (Phi) is 6.80. The van der Waals surface area contributed by atoms with Gasteiger partial charge in [-0.2, -0.15) is 0 Å². The lowest BCUT2D eigenvalue weighted by molar-refractivity contribution is -0.128. The Morgan fingerprint density at radius 1 is 1.00 bits per heavy atom. The van der Waals surface area contributed by atoms with Gasteiger partial charge in [-0.1, -0.05) is 42.5 Å². The maximum Gasteiger partial charge on any atom is 0.223 e. The Morgan fingerprint density at radius 2 is 1.77 bits per heavy atom. The predicted molar refractivity (Wildman–Crippen MR) is 135 cm³/mol. The zero-order valence-electron chi connectivity index (χ0n) is 20.0. The van der Waals surface area contributed by atoms with Crippen molar-refractivity contribution >= 4 is 16.9 Å². The molecule has 0 N–H and O–H groups in total. The first kappa shape index (κ1) is 23.1. The Bertz CT molecular complexity index is 1320. The Hall–Kier alpha value is -3.67. The van der Waals surface area contributed by atoms with Crippen LogP contribution in [0.1, 0.15) is 42.1 Å². The van der Waals surface area contributed by atoms with Crippen LogP contribution in [0.25, 0.3) is 11.0 Å². The van der Waals surface area contributed by atoms with E-state index in [1.54, 1.807) is 12.1 Å². The summed E-state index contributed by atoms with van der Waals surface area (Å²) in [5.74, 6) is 1.80. The molecule has 1 amide bonds. The summed E-state index contributed by atoms with van der Waals surface area (Å²) in [6.07, 6.45) is 2.33. The van der Waals surface area contributed by atoms with E-state index in [1.807, 2.05) is 41.3 Å². The van der Waals surface area contributed by atoms with Crippen molar-refractivity contribution in [3.05, 3.63) is 95.6 Å². The molecule has 35 heavy (non-hydrogen) atoms. The second kappa shape index (κ2) is 10.3. The van der Waals surface area contributed by atoms with Gasteiger partial charge in [0.25, 0.3) is 0 Å². The molecule has 0 spiro atoms. The number of carbonyl (C=O) groups is 1. The molecule has 0 bridgehead atoms. The van der Waals surface area contributed by atoms with Gasteiger partial charge in [0.1, 0.15) is 17.4 Å². The number of aryl methyl sites for hydroxylation is 2. The number of aromatic nitrogens is 2. The average Bonchev–Trinajstić information content (AvgIpc) is 3.41. The Morgan fingerprint density at radius 3 is 2.60 bits per heavy atom. The van der Waals surface area contributed by atoms with Crippen molar-refractivity contribution < 1.29 is 13.9 Å². The fourth-order valence-electron chi connectivity index (χ4n) is 4.82. The highest BCUT2D eigenvalue weighted by Crippen LogP contribution is 2.31. The van der Waals surface area contributed by atoms with Crippen molar-refractivity contribution in [1.82, 2.24) is 14.5 Å². The number of fused-ring (bicyclic) bond motifs is 1. The number of nitrogens with zero attached hydrogens (tertiary/aromatic N) is 3. The summed E-state index contributed by atoms with van der Waals surface area (Å²) in [7, 11) is 0. The predicted octanol–water partition coefficient (Wildman–Crippen LogP) is 5.86. The number of hydrogen-bond acceptors (Lipinski definition) is 3. The third-order valence-corrected chi connectivity index (χ3v) is 6.68. The minimum Gasteiger partial charge on any atom is -0.493 e. The van der Waals surface area contributed by atoms with Gasteiger partial charge in [0.05, 0.1) is 17.6 Å². The number of ether oxygens (including phenoxy) is 1. The smallest absolute Gasteiger partial charge is 0.223 e. The summed E-state index contributed by atoms with van der Waals surface area (Å²) >= 11 is 0. The monoisotopic (exact) mass is 471 g/mol. The van der Waals surface area contributed by atoms with Gasteiger partial charge in [0.15, 0.2) is 0 Å². The molecule has 1 aliphatic rings. The number of halogens is 1. The summed E-state index contributed by atoms with van der Waals surface area (Å²) in [4.78, 5) is 19.6. The van der Waals surface area contributed by atoms with Crippen LogP contribution in [0.2, 0.25) is 0 Å². The van der Waals surface area contributed by atoms with Gasteiger partial charge in [0, 0.05) is 32.0 Å². The molecular weight excluding hydrogens is 441 g/mol. The second-order valence-corrected chi connectivity index (χ2v) is 9.23. The zero-order valence-corrected chi connectivity index (χ0v) is 20.0. The van der Waals surface area contributed by atoms with E-state index in [2.05, 4.69) is 23.6 Å². The van der Waals surface area contributed by atoms with E-state index in [0.29, 0.717) is 26.1 Å². The molecule has 4 aromatic rings. The van der Waals surface area contributed by atoms with Gasteiger partial charge < -0.3 is 14.2 Å². The van der Waals surface area contributed by atoms with Crippen LogP contribution in [0.15, 0.2) is 72.8 Å². The molecule has 180 valence electrons. The van der Waals surface area contributed by atoms with E-state index >= 15 is 0 Å². The summed E-state index contributed by atoms with van der Waals surface area (Å²) in [6, 6.07) is 22.6. The molecule has 2 heterocycles. The molecule has 1 saturated heterocycles. The largest absolute Gasteiger partial charge is 0.493 e. The average molecular weight is 472 g/mol. The standard InChI is InChI=1S/C29H30FN3O2/c1-21-8-2-5-11-27(21)35-17-7-6-16-33-26-10-4-3-9-25(26)31-29(33)23-18-28(34)32(20-23)19-22-12-14-24(30)15-13-22/h2-5,8-15,23H,6-7,16-20H2,1H3. The number of amides is 1. The number of carbonyl (C=O) groups excluding carboxylic acids is 1. The van der Waals surface area contributed by atoms with Gasteiger partial charge in [-0.3, -0.25) is 4.79 Å². The molecule has 0 aliphatic carbocycles. The van der Waals surface area contributed by atoms with Gasteiger partial charge in [-0.25, -0.2) is 9.37 Å². The van der Waals surface area contributed by atoms with Crippen LogP contribution < -0.4 is 4.74 Å². The highest BCUT2D eigenvalue weighted by atomic mass is 19.1. The molecule has 1 aliphatic heterocycles. The topological polar surface area (TPSA) is 47.4 Å². The first-order valence-corrected chi connectivity index (χ1v) is 12.2. The minimum atomic E-state index is -0.266. The molecule has 1 unspecified atom stereocenters. The third kappa shape index (κ3) is 5.21. The van der Waals surface area contributed by atoms with Crippen LogP contribution in [0.3, 0.4) is 0 Å². The summed E-state index contributed by atoms with van der Waals surface area (Å²) in [6.45, 7) is 4.67. The van der Waals surface area contributed by atoms with Crippen LogP contribution in [-0.4, -0.2) is 33.5 Å². The molecule has 1 aromatic heterocycles. The van der Waals surface area contributed by atoms with E-state index in [4.69, 9.17) is 9.72 Å². The summed E-state index contributed by atoms with van der Waals surface area (Å²) in [5.41, 5.74) is 4.14. The number of likely N-dealkylation sites (tertiary alicyclic amines) is 1. The van der Waals surface area contributed by atoms with Crippen molar-refractivity contribution in [2.75, 3.05) is 13.2 Å². The molecular formula is C29H30FN3O2. The Labute approximate surface area is 205 Å². The molecule has 0 radical (unpaired) electrons. The number of hydrogen-bond donors (Lipinski definition) is 0. The van der Waals surface area contributed by atoms with E-state index in [0.717, 1.165) is 53.1 Å². The van der Waals surface area contributed by atoms with Crippen molar-refractivity contribution in [3.8, 4) is 5.75 Å². The number of rotatable bonds is 9. The lowest BCUT2D eigenvalue weighted by Gasteiger charge is -2.17. The number of para-hydroxylation sites is 3. The van der Waals surface area contributed by atoms with Gasteiger partial charge in [-0.15, -0.1) is 0 Å². The summed E-state index contributed by atoms with van der Waals surface area (Å²) < 4.78 is 21.5. The van der Waals surface area contributed by atoms with Gasteiger partial charge in [0.2, 0.25) is 5.91 Å². The highest BCUT2D eigenvalue weighted by molar-refractivity contribution is 5.81. The molecule has 5 rings (SSSR count). The minimum absolute atomic E-state index is 0.0403. The van der Waals surface area contributed by atoms with E-state index in [-0.39, 0.29) is 17.6 Å². The quantitative estimate of drug-likeness (QED) is 0.287.